The van der Waals surface area contributed by atoms with Gasteiger partial charge in [0.05, 0.1) is 31.3 Å². The molecule has 0 aliphatic carbocycles. The molecule has 0 aliphatic rings. The highest BCUT2D eigenvalue weighted by atomic mass is 16.5. The molecule has 0 amide bonds. The third-order valence-corrected chi connectivity index (χ3v) is 3.31. The van der Waals surface area contributed by atoms with Crippen molar-refractivity contribution >= 4 is 17.2 Å². The number of ether oxygens (including phenoxy) is 2. The van der Waals surface area contributed by atoms with Gasteiger partial charge in [-0.1, -0.05) is 13.3 Å². The van der Waals surface area contributed by atoms with E-state index in [1.54, 1.807) is 18.9 Å². The Labute approximate surface area is 124 Å². The number of nitrogens with two attached hydrogens (primary N) is 1. The number of rotatable bonds is 6. The van der Waals surface area contributed by atoms with E-state index in [0.717, 1.165) is 35.8 Å². The normalized spacial score (nSPS) is 10.5. The van der Waals surface area contributed by atoms with Gasteiger partial charge in [-0.25, -0.2) is 0 Å². The molecule has 0 aliphatic heterocycles. The molecule has 21 heavy (non-hydrogen) atoms. The van der Waals surface area contributed by atoms with Crippen molar-refractivity contribution in [3.05, 3.63) is 23.9 Å². The van der Waals surface area contributed by atoms with Crippen LogP contribution in [-0.4, -0.2) is 24.0 Å². The first-order chi connectivity index (χ1) is 10.1. The van der Waals surface area contributed by atoms with Crippen molar-refractivity contribution < 1.29 is 9.47 Å². The highest BCUT2D eigenvalue weighted by Crippen LogP contribution is 2.34. The second-order valence-corrected chi connectivity index (χ2v) is 4.77. The molecule has 1 heterocycles. The fraction of sp³-hybridized carbons (Fsp3) is 0.400. The topological polar surface area (TPSA) is 74.3 Å². The van der Waals surface area contributed by atoms with Gasteiger partial charge in [-0.15, -0.1) is 0 Å². The zero-order valence-electron chi connectivity index (χ0n) is 12.9. The number of anilines is 3. The Hall–Kier alpha value is -2.37. The fourth-order valence-corrected chi connectivity index (χ4v) is 2.19. The molecule has 3 N–H and O–H groups in total. The summed E-state index contributed by atoms with van der Waals surface area (Å²) < 4.78 is 12.3. The van der Waals surface area contributed by atoms with E-state index >= 15 is 0 Å². The van der Waals surface area contributed by atoms with Gasteiger partial charge in [0.2, 0.25) is 0 Å². The highest BCUT2D eigenvalue weighted by molar-refractivity contribution is 5.74. The average molecular weight is 290 g/mol. The molecule has 0 fully saturated rings. The summed E-state index contributed by atoms with van der Waals surface area (Å²) in [4.78, 5) is 0. The summed E-state index contributed by atoms with van der Waals surface area (Å²) in [6, 6.07) is 5.58. The molecule has 6 heteroatoms. The van der Waals surface area contributed by atoms with E-state index < -0.39 is 0 Å². The molecular weight excluding hydrogens is 268 g/mol. The minimum absolute atomic E-state index is 0.678. The second kappa shape index (κ2) is 6.39. The monoisotopic (exact) mass is 290 g/mol. The van der Waals surface area contributed by atoms with Gasteiger partial charge in [-0.3, -0.25) is 4.68 Å². The SMILES string of the molecule is CCCc1nn(C)c(Nc2ccc(OC)cc2OC)c1N. The van der Waals surface area contributed by atoms with E-state index in [4.69, 9.17) is 15.2 Å². The van der Waals surface area contributed by atoms with Crippen molar-refractivity contribution in [3.63, 3.8) is 0 Å². The van der Waals surface area contributed by atoms with E-state index in [0.29, 0.717) is 11.4 Å². The minimum atomic E-state index is 0.678. The number of nitrogens with one attached hydrogen (secondary N) is 1. The summed E-state index contributed by atoms with van der Waals surface area (Å²) in [5.41, 5.74) is 8.58. The fourth-order valence-electron chi connectivity index (χ4n) is 2.19. The van der Waals surface area contributed by atoms with Gasteiger partial charge in [0.25, 0.3) is 0 Å². The quantitative estimate of drug-likeness (QED) is 0.855. The predicted octanol–water partition coefficient (Wildman–Crippen LogP) is 2.72. The minimum Gasteiger partial charge on any atom is -0.497 e. The number of hydrogen-bond donors (Lipinski definition) is 2. The van der Waals surface area contributed by atoms with Gasteiger partial charge < -0.3 is 20.5 Å². The van der Waals surface area contributed by atoms with Gasteiger partial charge >= 0.3 is 0 Å². The van der Waals surface area contributed by atoms with E-state index in [9.17, 15) is 0 Å². The molecule has 0 radical (unpaired) electrons. The zero-order valence-corrected chi connectivity index (χ0v) is 12.9. The first-order valence-corrected chi connectivity index (χ1v) is 6.91. The Balaban J connectivity index is 2.34. The standard InChI is InChI=1S/C15H22N4O2/c1-5-6-12-14(16)15(19(2)18-12)17-11-8-7-10(20-3)9-13(11)21-4/h7-9,17H,5-6,16H2,1-4H3. The molecule has 1 aromatic carbocycles. The summed E-state index contributed by atoms with van der Waals surface area (Å²) in [7, 11) is 5.11. The Morgan fingerprint density at radius 2 is 2.05 bits per heavy atom. The van der Waals surface area contributed by atoms with E-state index in [1.165, 1.54) is 0 Å². The molecular formula is C15H22N4O2. The smallest absolute Gasteiger partial charge is 0.152 e. The average Bonchev–Trinajstić information content (AvgIpc) is 2.75. The van der Waals surface area contributed by atoms with Crippen molar-refractivity contribution in [2.45, 2.75) is 19.8 Å². The van der Waals surface area contributed by atoms with Crippen LogP contribution in [0.15, 0.2) is 18.2 Å². The number of nitrogen functional groups attached to an aromatic ring is 1. The van der Waals surface area contributed by atoms with Gasteiger partial charge in [-0.2, -0.15) is 5.10 Å². The van der Waals surface area contributed by atoms with Gasteiger partial charge in [0, 0.05) is 13.1 Å². The van der Waals surface area contributed by atoms with E-state index in [-0.39, 0.29) is 0 Å². The number of aryl methyl sites for hydroxylation is 2. The lowest BCUT2D eigenvalue weighted by Crippen LogP contribution is -2.03. The maximum absolute atomic E-state index is 6.17. The van der Waals surface area contributed by atoms with Gasteiger partial charge in [-0.05, 0) is 18.6 Å². The van der Waals surface area contributed by atoms with Crippen LogP contribution >= 0.6 is 0 Å². The molecule has 0 spiro atoms. The highest BCUT2D eigenvalue weighted by Gasteiger charge is 2.14. The van der Waals surface area contributed by atoms with Gasteiger partial charge in [0.1, 0.15) is 11.5 Å². The largest absolute Gasteiger partial charge is 0.497 e. The summed E-state index contributed by atoms with van der Waals surface area (Å²) in [5.74, 6) is 2.19. The van der Waals surface area contributed by atoms with Crippen molar-refractivity contribution in [1.82, 2.24) is 9.78 Å². The number of benzene rings is 1. The van der Waals surface area contributed by atoms with Crippen LogP contribution < -0.4 is 20.5 Å². The second-order valence-electron chi connectivity index (χ2n) is 4.77. The first kappa shape index (κ1) is 15.0. The molecule has 0 saturated heterocycles. The lowest BCUT2D eigenvalue weighted by Gasteiger charge is -2.13. The molecule has 2 rings (SSSR count). The van der Waals surface area contributed by atoms with Crippen LogP contribution in [0.25, 0.3) is 0 Å². The van der Waals surface area contributed by atoms with Crippen LogP contribution in [0.2, 0.25) is 0 Å². The van der Waals surface area contributed by atoms with Crippen molar-refractivity contribution in [3.8, 4) is 11.5 Å². The molecule has 0 atom stereocenters. The van der Waals surface area contributed by atoms with E-state index in [1.807, 2.05) is 25.2 Å². The number of nitrogens with zero attached hydrogens (tertiary/aromatic N) is 2. The van der Waals surface area contributed by atoms with Crippen molar-refractivity contribution in [1.29, 1.82) is 0 Å². The molecule has 114 valence electrons. The third kappa shape index (κ3) is 3.04. The van der Waals surface area contributed by atoms with Crippen molar-refractivity contribution in [2.24, 2.45) is 7.05 Å². The van der Waals surface area contributed by atoms with Crippen LogP contribution in [0, 0.1) is 0 Å². The van der Waals surface area contributed by atoms with Gasteiger partial charge in [0.15, 0.2) is 5.82 Å². The first-order valence-electron chi connectivity index (χ1n) is 6.91. The molecule has 2 aromatic rings. The zero-order chi connectivity index (χ0) is 15.4. The summed E-state index contributed by atoms with van der Waals surface area (Å²) in [6.07, 6.45) is 1.87. The number of hydrogen-bond acceptors (Lipinski definition) is 5. The van der Waals surface area contributed by atoms with Crippen LogP contribution in [0.1, 0.15) is 19.0 Å². The van der Waals surface area contributed by atoms with Crippen LogP contribution in [0.3, 0.4) is 0 Å². The van der Waals surface area contributed by atoms with E-state index in [2.05, 4.69) is 17.3 Å². The van der Waals surface area contributed by atoms with Crippen molar-refractivity contribution in [2.75, 3.05) is 25.3 Å². The maximum atomic E-state index is 6.17. The Bertz CT molecular complexity index is 622. The summed E-state index contributed by atoms with van der Waals surface area (Å²) >= 11 is 0. The molecule has 0 unspecified atom stereocenters. The number of aromatic nitrogens is 2. The molecule has 1 aromatic heterocycles. The van der Waals surface area contributed by atoms with Crippen LogP contribution in [-0.2, 0) is 13.5 Å². The number of methoxy groups -OCH3 is 2. The Morgan fingerprint density at radius 1 is 1.29 bits per heavy atom. The molecule has 6 nitrogen and oxygen atoms in total. The van der Waals surface area contributed by atoms with Crippen LogP contribution in [0.5, 0.6) is 11.5 Å². The predicted molar refractivity (Wildman–Crippen MR) is 84.4 cm³/mol. The van der Waals surface area contributed by atoms with Crippen LogP contribution in [0.4, 0.5) is 17.2 Å². The Morgan fingerprint density at radius 3 is 2.67 bits per heavy atom. The Kier molecular flexibility index (Phi) is 4.57. The lowest BCUT2D eigenvalue weighted by atomic mass is 10.2. The summed E-state index contributed by atoms with van der Waals surface area (Å²) in [6.45, 7) is 2.10. The lowest BCUT2D eigenvalue weighted by molar-refractivity contribution is 0.395. The third-order valence-electron chi connectivity index (χ3n) is 3.31. The molecule has 0 bridgehead atoms. The molecule has 0 saturated carbocycles. The maximum Gasteiger partial charge on any atom is 0.152 e. The summed E-state index contributed by atoms with van der Waals surface area (Å²) in [5, 5.41) is 7.73.